The fourth-order valence-electron chi connectivity index (χ4n) is 1.06. The molecule has 0 aromatic heterocycles. The van der Waals surface area contributed by atoms with E-state index in [2.05, 4.69) is 0 Å². The van der Waals surface area contributed by atoms with Crippen LogP contribution in [0, 0.1) is 0 Å². The first-order valence-electron chi connectivity index (χ1n) is 4.37. The van der Waals surface area contributed by atoms with Crippen LogP contribution in [-0.4, -0.2) is 24.4 Å². The summed E-state index contributed by atoms with van der Waals surface area (Å²) in [6.45, 7) is 2.54. The number of hydrogen-bond donors (Lipinski definition) is 1. The van der Waals surface area contributed by atoms with Gasteiger partial charge in [-0.2, -0.15) is 0 Å². The van der Waals surface area contributed by atoms with Gasteiger partial charge >= 0.3 is 0 Å². The van der Waals surface area contributed by atoms with Crippen LogP contribution < -0.4 is 5.73 Å². The highest BCUT2D eigenvalue weighted by Gasteiger charge is 2.14. The van der Waals surface area contributed by atoms with Crippen molar-refractivity contribution in [3.63, 3.8) is 0 Å². The molecule has 0 unspecified atom stereocenters. The molecule has 1 aromatic rings. The van der Waals surface area contributed by atoms with E-state index in [-0.39, 0.29) is 5.91 Å². The zero-order valence-electron chi connectivity index (χ0n) is 8.25. The minimum Gasteiger partial charge on any atom is -0.398 e. The molecule has 0 radical (unpaired) electrons. The molecular weight excluding hydrogens is 200 g/mol. The largest absolute Gasteiger partial charge is 0.398 e. The molecule has 0 bridgehead atoms. The van der Waals surface area contributed by atoms with E-state index in [9.17, 15) is 4.79 Å². The number of rotatable bonds is 2. The molecule has 2 N–H and O–H groups in total. The number of anilines is 1. The van der Waals surface area contributed by atoms with E-state index < -0.39 is 0 Å². The SMILES string of the molecule is CCN(C)C(=O)c1cccc(N)c1Cl. The van der Waals surface area contributed by atoms with Crippen molar-refractivity contribution in [1.29, 1.82) is 0 Å². The van der Waals surface area contributed by atoms with Crippen molar-refractivity contribution < 1.29 is 4.79 Å². The summed E-state index contributed by atoms with van der Waals surface area (Å²) in [6.07, 6.45) is 0. The highest BCUT2D eigenvalue weighted by molar-refractivity contribution is 6.36. The first-order valence-corrected chi connectivity index (χ1v) is 4.75. The van der Waals surface area contributed by atoms with Gasteiger partial charge in [-0.1, -0.05) is 17.7 Å². The Balaban J connectivity index is 3.07. The van der Waals surface area contributed by atoms with E-state index >= 15 is 0 Å². The molecule has 0 aliphatic carbocycles. The zero-order valence-corrected chi connectivity index (χ0v) is 9.01. The standard InChI is InChI=1S/C10H13ClN2O/c1-3-13(2)10(14)7-5-4-6-8(12)9(7)11/h4-6H,3,12H2,1-2H3. The Labute approximate surface area is 88.5 Å². The fourth-order valence-corrected chi connectivity index (χ4v) is 1.27. The first kappa shape index (κ1) is 10.9. The second-order valence-corrected chi connectivity index (χ2v) is 3.41. The van der Waals surface area contributed by atoms with Gasteiger partial charge in [0.15, 0.2) is 0 Å². The molecule has 1 aromatic carbocycles. The van der Waals surface area contributed by atoms with Crippen LogP contribution in [0.2, 0.25) is 5.02 Å². The molecule has 0 saturated heterocycles. The number of carbonyl (C=O) groups is 1. The van der Waals surface area contributed by atoms with Gasteiger partial charge in [0.05, 0.1) is 16.3 Å². The number of amides is 1. The van der Waals surface area contributed by atoms with Crippen molar-refractivity contribution in [2.75, 3.05) is 19.3 Å². The third kappa shape index (κ3) is 1.99. The van der Waals surface area contributed by atoms with E-state index in [4.69, 9.17) is 17.3 Å². The van der Waals surface area contributed by atoms with Crippen molar-refractivity contribution in [3.8, 4) is 0 Å². The molecule has 1 amide bonds. The smallest absolute Gasteiger partial charge is 0.255 e. The lowest BCUT2D eigenvalue weighted by Crippen LogP contribution is -2.26. The minimum atomic E-state index is -0.107. The second kappa shape index (κ2) is 4.33. The predicted molar refractivity (Wildman–Crippen MR) is 58.5 cm³/mol. The average molecular weight is 213 g/mol. The van der Waals surface area contributed by atoms with Crippen molar-refractivity contribution in [2.45, 2.75) is 6.92 Å². The number of hydrogen-bond acceptors (Lipinski definition) is 2. The Hall–Kier alpha value is -1.22. The van der Waals surface area contributed by atoms with Gasteiger partial charge in [0, 0.05) is 13.6 Å². The minimum absolute atomic E-state index is 0.107. The molecule has 0 atom stereocenters. The Kier molecular flexibility index (Phi) is 3.36. The van der Waals surface area contributed by atoms with Gasteiger partial charge < -0.3 is 10.6 Å². The Morgan fingerprint density at radius 2 is 2.21 bits per heavy atom. The van der Waals surface area contributed by atoms with Gasteiger partial charge in [-0.05, 0) is 19.1 Å². The van der Waals surface area contributed by atoms with E-state index in [0.29, 0.717) is 22.8 Å². The fraction of sp³-hybridized carbons (Fsp3) is 0.300. The molecular formula is C10H13ClN2O. The van der Waals surface area contributed by atoms with Gasteiger partial charge in [-0.25, -0.2) is 0 Å². The monoisotopic (exact) mass is 212 g/mol. The summed E-state index contributed by atoms with van der Waals surface area (Å²) in [5.41, 5.74) is 6.48. The lowest BCUT2D eigenvalue weighted by molar-refractivity contribution is 0.0802. The molecule has 3 nitrogen and oxygen atoms in total. The Morgan fingerprint density at radius 3 is 2.79 bits per heavy atom. The van der Waals surface area contributed by atoms with Gasteiger partial charge in [-0.3, -0.25) is 4.79 Å². The van der Waals surface area contributed by atoms with Crippen LogP contribution >= 0.6 is 11.6 Å². The topological polar surface area (TPSA) is 46.3 Å². The van der Waals surface area contributed by atoms with E-state index in [1.807, 2.05) is 6.92 Å². The maximum atomic E-state index is 11.7. The first-order chi connectivity index (χ1) is 6.57. The summed E-state index contributed by atoms with van der Waals surface area (Å²) in [5.74, 6) is -0.107. The molecule has 0 fully saturated rings. The highest BCUT2D eigenvalue weighted by atomic mass is 35.5. The summed E-state index contributed by atoms with van der Waals surface area (Å²) in [7, 11) is 1.72. The van der Waals surface area contributed by atoms with Crippen LogP contribution in [0.5, 0.6) is 0 Å². The molecule has 0 aliphatic rings. The molecule has 76 valence electrons. The van der Waals surface area contributed by atoms with Gasteiger partial charge in [0.2, 0.25) is 0 Å². The molecule has 1 rings (SSSR count). The van der Waals surface area contributed by atoms with Crippen LogP contribution in [0.1, 0.15) is 17.3 Å². The highest BCUT2D eigenvalue weighted by Crippen LogP contribution is 2.23. The predicted octanol–water partition coefficient (Wildman–Crippen LogP) is 2.01. The summed E-state index contributed by atoms with van der Waals surface area (Å²) in [4.78, 5) is 13.3. The van der Waals surface area contributed by atoms with Crippen LogP contribution in [0.25, 0.3) is 0 Å². The summed E-state index contributed by atoms with van der Waals surface area (Å²) >= 11 is 5.92. The van der Waals surface area contributed by atoms with Gasteiger partial charge in [0.25, 0.3) is 5.91 Å². The summed E-state index contributed by atoms with van der Waals surface area (Å²) < 4.78 is 0. The maximum Gasteiger partial charge on any atom is 0.255 e. The number of nitrogens with zero attached hydrogens (tertiary/aromatic N) is 1. The zero-order chi connectivity index (χ0) is 10.7. The van der Waals surface area contributed by atoms with Crippen molar-refractivity contribution in [1.82, 2.24) is 4.90 Å². The van der Waals surface area contributed by atoms with E-state index in [0.717, 1.165) is 0 Å². The molecule has 0 spiro atoms. The van der Waals surface area contributed by atoms with Gasteiger partial charge in [-0.15, -0.1) is 0 Å². The Bertz CT molecular complexity index is 352. The molecule has 0 heterocycles. The average Bonchev–Trinajstić information content (AvgIpc) is 2.20. The summed E-state index contributed by atoms with van der Waals surface area (Å²) in [6, 6.07) is 5.07. The van der Waals surface area contributed by atoms with Crippen LogP contribution in [0.3, 0.4) is 0 Å². The van der Waals surface area contributed by atoms with E-state index in [1.54, 1.807) is 30.1 Å². The normalized spacial score (nSPS) is 9.93. The van der Waals surface area contributed by atoms with Crippen molar-refractivity contribution >= 4 is 23.2 Å². The third-order valence-electron chi connectivity index (χ3n) is 2.08. The van der Waals surface area contributed by atoms with Crippen LogP contribution in [0.4, 0.5) is 5.69 Å². The number of benzene rings is 1. The molecule has 14 heavy (non-hydrogen) atoms. The van der Waals surface area contributed by atoms with Crippen LogP contribution in [-0.2, 0) is 0 Å². The van der Waals surface area contributed by atoms with Crippen molar-refractivity contribution in [2.24, 2.45) is 0 Å². The lowest BCUT2D eigenvalue weighted by Gasteiger charge is -2.15. The lowest BCUT2D eigenvalue weighted by atomic mass is 10.2. The van der Waals surface area contributed by atoms with Crippen LogP contribution in [0.15, 0.2) is 18.2 Å². The number of nitrogens with two attached hydrogens (primary N) is 1. The quantitative estimate of drug-likeness (QED) is 0.763. The third-order valence-corrected chi connectivity index (χ3v) is 2.50. The number of halogens is 1. The van der Waals surface area contributed by atoms with Crippen molar-refractivity contribution in [3.05, 3.63) is 28.8 Å². The Morgan fingerprint density at radius 1 is 1.57 bits per heavy atom. The maximum absolute atomic E-state index is 11.7. The number of nitrogen functional groups attached to an aromatic ring is 1. The summed E-state index contributed by atoms with van der Waals surface area (Å²) in [5, 5.41) is 0.331. The molecule has 4 heteroatoms. The molecule has 0 saturated carbocycles. The second-order valence-electron chi connectivity index (χ2n) is 3.03. The van der Waals surface area contributed by atoms with Gasteiger partial charge in [0.1, 0.15) is 0 Å². The molecule has 0 aliphatic heterocycles. The number of carbonyl (C=O) groups excluding carboxylic acids is 1. The van der Waals surface area contributed by atoms with E-state index in [1.165, 1.54) is 0 Å².